The number of rotatable bonds is 6. The number of esters is 1. The number of Topliss-reactive ketones (excluding diaryl/α,β-unsaturated/α-hetero) is 1. The van der Waals surface area contributed by atoms with Crippen molar-refractivity contribution in [2.75, 3.05) is 20.5 Å². The molecular weight excluding hydrogens is 494 g/mol. The van der Waals surface area contributed by atoms with Gasteiger partial charge in [-0.15, -0.1) is 0 Å². The van der Waals surface area contributed by atoms with E-state index in [0.29, 0.717) is 46.2 Å². The Balaban J connectivity index is 1.57. The van der Waals surface area contributed by atoms with Gasteiger partial charge in [-0.1, -0.05) is 44.2 Å². The third kappa shape index (κ3) is 4.80. The summed E-state index contributed by atoms with van der Waals surface area (Å²) in [6, 6.07) is 11.2. The molecule has 2 aromatic carbocycles. The first-order valence-corrected chi connectivity index (χ1v) is 12.8. The summed E-state index contributed by atoms with van der Waals surface area (Å²) < 4.78 is 22.0. The van der Waals surface area contributed by atoms with Crippen LogP contribution in [-0.2, 0) is 14.3 Å². The molecule has 0 spiro atoms. The van der Waals surface area contributed by atoms with Crippen molar-refractivity contribution in [3.8, 4) is 17.2 Å². The monoisotopic (exact) mass is 523 g/mol. The lowest BCUT2D eigenvalue weighted by Gasteiger charge is -2.40. The molecule has 37 heavy (non-hydrogen) atoms. The zero-order valence-corrected chi connectivity index (χ0v) is 21.9. The average Bonchev–Trinajstić information content (AvgIpc) is 3.33. The molecule has 0 fully saturated rings. The van der Waals surface area contributed by atoms with Gasteiger partial charge in [0.2, 0.25) is 6.79 Å². The lowest BCUT2D eigenvalue weighted by Crippen LogP contribution is -2.42. The highest BCUT2D eigenvalue weighted by molar-refractivity contribution is 6.31. The Morgan fingerprint density at radius 3 is 2.54 bits per heavy atom. The molecule has 1 aliphatic carbocycles. The SMILES string of the molecule is C=C1NC2=C(C(=O)CC(c3ccc(OC)cc3)C2)C(c2cc3c(cc2Cl)OCO3)C1C(=O)OCC(C)C. The number of hydrogen-bond acceptors (Lipinski definition) is 7. The minimum absolute atomic E-state index is 0.0187. The van der Waals surface area contributed by atoms with E-state index in [-0.39, 0.29) is 31.0 Å². The van der Waals surface area contributed by atoms with E-state index in [4.69, 9.17) is 30.5 Å². The molecule has 0 aromatic heterocycles. The number of nitrogens with one attached hydrogen (secondary N) is 1. The molecule has 7 nitrogen and oxygen atoms in total. The van der Waals surface area contributed by atoms with Gasteiger partial charge >= 0.3 is 5.97 Å². The van der Waals surface area contributed by atoms with E-state index in [1.165, 1.54) is 0 Å². The van der Waals surface area contributed by atoms with Crippen molar-refractivity contribution in [2.24, 2.45) is 11.8 Å². The molecule has 2 aromatic rings. The highest BCUT2D eigenvalue weighted by atomic mass is 35.5. The van der Waals surface area contributed by atoms with Gasteiger partial charge in [-0.2, -0.15) is 0 Å². The number of halogens is 1. The van der Waals surface area contributed by atoms with Crippen LogP contribution in [-0.4, -0.2) is 32.3 Å². The Hall–Kier alpha value is -3.45. The van der Waals surface area contributed by atoms with Crippen molar-refractivity contribution >= 4 is 23.4 Å². The Labute approximate surface area is 221 Å². The van der Waals surface area contributed by atoms with Gasteiger partial charge in [0.25, 0.3) is 0 Å². The van der Waals surface area contributed by atoms with E-state index in [1.807, 2.05) is 38.1 Å². The Morgan fingerprint density at radius 1 is 1.16 bits per heavy atom. The second-order valence-corrected chi connectivity index (χ2v) is 10.5. The molecule has 5 rings (SSSR count). The minimum atomic E-state index is -0.822. The highest BCUT2D eigenvalue weighted by Gasteiger charge is 2.46. The summed E-state index contributed by atoms with van der Waals surface area (Å²) in [5, 5.41) is 3.69. The molecule has 0 saturated carbocycles. The zero-order valence-electron chi connectivity index (χ0n) is 21.1. The molecule has 194 valence electrons. The van der Waals surface area contributed by atoms with Crippen LogP contribution in [0, 0.1) is 11.8 Å². The van der Waals surface area contributed by atoms with Crippen LogP contribution in [0.4, 0.5) is 0 Å². The molecular formula is C29H30ClNO6. The van der Waals surface area contributed by atoms with Crippen molar-refractivity contribution in [2.45, 2.75) is 38.5 Å². The lowest BCUT2D eigenvalue weighted by molar-refractivity contribution is -0.149. The van der Waals surface area contributed by atoms with Gasteiger partial charge in [0.1, 0.15) is 11.7 Å². The molecule has 1 N–H and O–H groups in total. The minimum Gasteiger partial charge on any atom is -0.497 e. The second-order valence-electron chi connectivity index (χ2n) is 10.1. The summed E-state index contributed by atoms with van der Waals surface area (Å²) in [7, 11) is 1.62. The zero-order chi connectivity index (χ0) is 26.3. The Bertz CT molecular complexity index is 1280. The van der Waals surface area contributed by atoms with Crippen LogP contribution < -0.4 is 19.5 Å². The van der Waals surface area contributed by atoms with Crippen molar-refractivity contribution in [1.82, 2.24) is 5.32 Å². The standard InChI is InChI=1S/C29H30ClNO6/c1-15(2)13-35-29(33)26-16(3)31-22-9-18(17-5-7-19(34-4)8-6-17)10-23(32)28(22)27(26)20-11-24-25(12-21(20)30)37-14-36-24/h5-8,11-12,15,18,26-27,31H,3,9-10,13-14H2,1-2,4H3. The smallest absolute Gasteiger partial charge is 0.315 e. The summed E-state index contributed by atoms with van der Waals surface area (Å²) in [5.41, 5.74) is 3.45. The molecule has 2 aliphatic heterocycles. The van der Waals surface area contributed by atoms with Crippen LogP contribution in [0.25, 0.3) is 0 Å². The van der Waals surface area contributed by atoms with Gasteiger partial charge in [0.15, 0.2) is 17.3 Å². The molecule has 0 saturated heterocycles. The fourth-order valence-electron chi connectivity index (χ4n) is 5.28. The summed E-state index contributed by atoms with van der Waals surface area (Å²) >= 11 is 6.74. The summed E-state index contributed by atoms with van der Waals surface area (Å²) in [4.78, 5) is 27.2. The van der Waals surface area contributed by atoms with E-state index < -0.39 is 17.8 Å². The third-order valence-electron chi connectivity index (χ3n) is 7.07. The Kier molecular flexibility index (Phi) is 6.90. The molecule has 0 radical (unpaired) electrons. The number of benzene rings is 2. The van der Waals surface area contributed by atoms with Crippen molar-refractivity contribution in [3.63, 3.8) is 0 Å². The van der Waals surface area contributed by atoms with Crippen molar-refractivity contribution in [3.05, 3.63) is 76.1 Å². The summed E-state index contributed by atoms with van der Waals surface area (Å²) in [5.74, 6) is 0.00171. The summed E-state index contributed by atoms with van der Waals surface area (Å²) in [6.07, 6.45) is 0.907. The van der Waals surface area contributed by atoms with E-state index in [2.05, 4.69) is 11.9 Å². The fourth-order valence-corrected chi connectivity index (χ4v) is 5.56. The molecule has 3 unspecified atom stereocenters. The van der Waals surface area contributed by atoms with Crippen molar-refractivity contribution < 1.29 is 28.5 Å². The maximum absolute atomic E-state index is 13.8. The number of carbonyl (C=O) groups is 2. The van der Waals surface area contributed by atoms with Crippen LogP contribution >= 0.6 is 11.6 Å². The first-order chi connectivity index (χ1) is 17.8. The second kappa shape index (κ2) is 10.1. The molecule has 2 heterocycles. The average molecular weight is 524 g/mol. The molecule has 3 atom stereocenters. The molecule has 8 heteroatoms. The molecule has 3 aliphatic rings. The van der Waals surface area contributed by atoms with Crippen LogP contribution in [0.1, 0.15) is 49.7 Å². The van der Waals surface area contributed by atoms with Gasteiger partial charge in [0.05, 0.1) is 13.7 Å². The lowest BCUT2D eigenvalue weighted by atomic mass is 9.69. The fraction of sp³-hybridized carbons (Fsp3) is 0.379. The maximum Gasteiger partial charge on any atom is 0.315 e. The topological polar surface area (TPSA) is 83.1 Å². The van der Waals surface area contributed by atoms with E-state index in [0.717, 1.165) is 17.0 Å². The van der Waals surface area contributed by atoms with Gasteiger partial charge < -0.3 is 24.3 Å². The predicted octanol–water partition coefficient (Wildman–Crippen LogP) is 5.49. The van der Waals surface area contributed by atoms with Gasteiger partial charge in [-0.25, -0.2) is 0 Å². The largest absolute Gasteiger partial charge is 0.497 e. The van der Waals surface area contributed by atoms with Crippen molar-refractivity contribution in [1.29, 1.82) is 0 Å². The first kappa shape index (κ1) is 25.2. The van der Waals surface area contributed by atoms with Crippen LogP contribution in [0.5, 0.6) is 17.2 Å². The highest BCUT2D eigenvalue weighted by Crippen LogP contribution is 2.50. The van der Waals surface area contributed by atoms with Crippen LogP contribution in [0.3, 0.4) is 0 Å². The third-order valence-corrected chi connectivity index (χ3v) is 7.39. The van der Waals surface area contributed by atoms with E-state index in [1.54, 1.807) is 19.2 Å². The molecule has 0 amide bonds. The number of methoxy groups -OCH3 is 1. The summed E-state index contributed by atoms with van der Waals surface area (Å²) in [6.45, 7) is 8.48. The van der Waals surface area contributed by atoms with Gasteiger partial charge in [-0.3, -0.25) is 9.59 Å². The quantitative estimate of drug-likeness (QED) is 0.501. The number of ketones is 1. The number of hydrogen-bond donors (Lipinski definition) is 1. The normalized spacial score (nSPS) is 22.6. The van der Waals surface area contributed by atoms with Gasteiger partial charge in [0, 0.05) is 40.4 Å². The van der Waals surface area contributed by atoms with Crippen LogP contribution in [0.15, 0.2) is 59.9 Å². The predicted molar refractivity (Wildman–Crippen MR) is 139 cm³/mol. The van der Waals surface area contributed by atoms with E-state index in [9.17, 15) is 9.59 Å². The number of fused-ring (bicyclic) bond motifs is 1. The first-order valence-electron chi connectivity index (χ1n) is 12.4. The maximum atomic E-state index is 13.8. The van der Waals surface area contributed by atoms with E-state index >= 15 is 0 Å². The number of allylic oxidation sites excluding steroid dienone is 2. The Morgan fingerprint density at radius 2 is 1.86 bits per heavy atom. The van der Waals surface area contributed by atoms with Crippen LogP contribution in [0.2, 0.25) is 5.02 Å². The number of carbonyl (C=O) groups excluding carboxylic acids is 2. The molecule has 0 bridgehead atoms. The van der Waals surface area contributed by atoms with Gasteiger partial charge in [-0.05, 0) is 47.6 Å². The number of ether oxygens (including phenoxy) is 4.